The highest BCUT2D eigenvalue weighted by Crippen LogP contribution is 2.19. The molecule has 0 N–H and O–H groups in total. The summed E-state index contributed by atoms with van der Waals surface area (Å²) in [6.07, 6.45) is 10.2. The van der Waals surface area contributed by atoms with Crippen molar-refractivity contribution in [2.24, 2.45) is 23.7 Å². The molecule has 0 aliphatic carbocycles. The van der Waals surface area contributed by atoms with Gasteiger partial charge in [-0.05, 0) is 48.8 Å². The molecule has 0 radical (unpaired) electrons. The van der Waals surface area contributed by atoms with E-state index in [1.54, 1.807) is 0 Å². The minimum absolute atomic E-state index is 0.734. The number of hydrogen-bond donors (Lipinski definition) is 0. The van der Waals surface area contributed by atoms with E-state index in [2.05, 4.69) is 54.7 Å². The van der Waals surface area contributed by atoms with Crippen LogP contribution in [0.4, 0.5) is 0 Å². The van der Waals surface area contributed by atoms with Gasteiger partial charge < -0.3 is 8.85 Å². The van der Waals surface area contributed by atoms with E-state index < -0.39 is 8.56 Å². The van der Waals surface area contributed by atoms with Crippen LogP contribution in [0.5, 0.6) is 0 Å². The Hall–Kier alpha value is -0.123. The minimum atomic E-state index is -2.19. The zero-order valence-corrected chi connectivity index (χ0v) is 20.0. The van der Waals surface area contributed by atoms with E-state index in [9.17, 15) is 0 Å². The number of hydrogen-bond acceptors (Lipinski definition) is 2. The highest BCUT2D eigenvalue weighted by atomic mass is 28.4. The Labute approximate surface area is 166 Å². The molecule has 0 spiro atoms. The minimum Gasteiger partial charge on any atom is -0.391 e. The van der Waals surface area contributed by atoms with Gasteiger partial charge in [0.15, 0.2) is 0 Å². The third-order valence-electron chi connectivity index (χ3n) is 5.33. The molecule has 3 heteroatoms. The number of rotatable bonds is 17. The van der Waals surface area contributed by atoms with Crippen molar-refractivity contribution in [3.05, 3.63) is 12.3 Å². The second-order valence-electron chi connectivity index (χ2n) is 9.35. The molecule has 0 saturated carbocycles. The Morgan fingerprint density at radius 2 is 1.08 bits per heavy atom. The molecular weight excluding hydrogens is 336 g/mol. The normalized spacial score (nSPS) is 16.7. The monoisotopic (exact) mass is 384 g/mol. The van der Waals surface area contributed by atoms with Gasteiger partial charge in [0.1, 0.15) is 0 Å². The molecule has 0 bridgehead atoms. The quantitative estimate of drug-likeness (QED) is 0.241. The lowest BCUT2D eigenvalue weighted by Crippen LogP contribution is -2.37. The Kier molecular flexibility index (Phi) is 14.8. The van der Waals surface area contributed by atoms with Gasteiger partial charge in [-0.2, -0.15) is 0 Å². The van der Waals surface area contributed by atoms with Gasteiger partial charge in [-0.15, -0.1) is 6.58 Å². The summed E-state index contributed by atoms with van der Waals surface area (Å²) < 4.78 is 12.3. The van der Waals surface area contributed by atoms with Gasteiger partial charge >= 0.3 is 8.56 Å². The van der Waals surface area contributed by atoms with E-state index >= 15 is 0 Å². The van der Waals surface area contributed by atoms with Gasteiger partial charge in [0.05, 0.1) is 0 Å². The summed E-state index contributed by atoms with van der Waals surface area (Å²) in [6.45, 7) is 21.6. The van der Waals surface area contributed by atoms with Gasteiger partial charge in [-0.25, -0.2) is 0 Å². The fourth-order valence-corrected chi connectivity index (χ4v) is 4.49. The summed E-state index contributed by atoms with van der Waals surface area (Å²) in [5.74, 6) is 3.10. The van der Waals surface area contributed by atoms with Crippen molar-refractivity contribution >= 4 is 8.56 Å². The standard InChI is InChI=1S/C23H48O2Si/c1-9-26(8,24-18-16-22(6)14-10-12-20(2)3)25-19-17-23(7)15-11-13-21(4)5/h9,20-23H,1,10-19H2,2-8H3. The SMILES string of the molecule is C=C[Si](C)(OCCC(C)CCCC(C)C)OCCC(C)CCCC(C)C. The Bertz CT molecular complexity index is 315. The molecule has 2 atom stereocenters. The van der Waals surface area contributed by atoms with Gasteiger partial charge in [-0.1, -0.05) is 80.1 Å². The molecule has 2 unspecified atom stereocenters. The van der Waals surface area contributed by atoms with E-state index in [-0.39, 0.29) is 0 Å². The maximum Gasteiger partial charge on any atom is 0.361 e. The van der Waals surface area contributed by atoms with Crippen LogP contribution in [0, 0.1) is 23.7 Å². The molecule has 0 aliphatic heterocycles. The molecule has 0 aromatic heterocycles. The van der Waals surface area contributed by atoms with Crippen molar-refractivity contribution in [1.29, 1.82) is 0 Å². The van der Waals surface area contributed by atoms with E-state index in [4.69, 9.17) is 8.85 Å². The highest BCUT2D eigenvalue weighted by Gasteiger charge is 2.27. The van der Waals surface area contributed by atoms with Crippen LogP contribution >= 0.6 is 0 Å². The molecule has 0 aliphatic rings. The molecular formula is C23H48O2Si. The lowest BCUT2D eigenvalue weighted by atomic mass is 9.98. The lowest BCUT2D eigenvalue weighted by molar-refractivity contribution is 0.164. The summed E-state index contributed by atoms with van der Waals surface area (Å²) in [5.41, 5.74) is 1.94. The summed E-state index contributed by atoms with van der Waals surface area (Å²) in [6, 6.07) is 0. The predicted molar refractivity (Wildman–Crippen MR) is 119 cm³/mol. The smallest absolute Gasteiger partial charge is 0.361 e. The second kappa shape index (κ2) is 14.9. The fraction of sp³-hybridized carbons (Fsp3) is 0.913. The summed E-state index contributed by atoms with van der Waals surface area (Å²) in [5, 5.41) is 0. The van der Waals surface area contributed by atoms with Crippen molar-refractivity contribution in [3.63, 3.8) is 0 Å². The summed E-state index contributed by atoms with van der Waals surface area (Å²) in [4.78, 5) is 0. The van der Waals surface area contributed by atoms with E-state index in [1.807, 2.05) is 5.70 Å². The molecule has 0 aromatic rings. The van der Waals surface area contributed by atoms with Crippen LogP contribution in [0.1, 0.15) is 92.9 Å². The molecule has 0 saturated heterocycles. The topological polar surface area (TPSA) is 18.5 Å². The highest BCUT2D eigenvalue weighted by molar-refractivity contribution is 6.71. The average Bonchev–Trinajstić information content (AvgIpc) is 2.54. The van der Waals surface area contributed by atoms with Gasteiger partial charge in [-0.3, -0.25) is 0 Å². The van der Waals surface area contributed by atoms with Crippen LogP contribution in [0.15, 0.2) is 12.3 Å². The second-order valence-corrected chi connectivity index (χ2v) is 12.4. The van der Waals surface area contributed by atoms with Crippen molar-refractivity contribution in [1.82, 2.24) is 0 Å². The first-order chi connectivity index (χ1) is 12.2. The maximum atomic E-state index is 6.17. The van der Waals surface area contributed by atoms with Crippen LogP contribution in [-0.4, -0.2) is 21.8 Å². The van der Waals surface area contributed by atoms with E-state index in [0.29, 0.717) is 0 Å². The Balaban J connectivity index is 3.92. The van der Waals surface area contributed by atoms with Gasteiger partial charge in [0.2, 0.25) is 0 Å². The third-order valence-corrected chi connectivity index (χ3v) is 7.62. The summed E-state index contributed by atoms with van der Waals surface area (Å²) >= 11 is 0. The average molecular weight is 385 g/mol. The van der Waals surface area contributed by atoms with Crippen LogP contribution in [-0.2, 0) is 8.85 Å². The summed E-state index contributed by atoms with van der Waals surface area (Å²) in [7, 11) is -2.19. The van der Waals surface area contributed by atoms with Crippen LogP contribution in [0.2, 0.25) is 6.55 Å². The van der Waals surface area contributed by atoms with E-state index in [0.717, 1.165) is 49.7 Å². The molecule has 26 heavy (non-hydrogen) atoms. The molecule has 0 fully saturated rings. The molecule has 156 valence electrons. The molecule has 0 heterocycles. The first kappa shape index (κ1) is 25.9. The third kappa shape index (κ3) is 15.0. The van der Waals surface area contributed by atoms with E-state index in [1.165, 1.54) is 38.5 Å². The first-order valence-electron chi connectivity index (χ1n) is 11.1. The maximum absolute atomic E-state index is 6.17. The molecule has 2 nitrogen and oxygen atoms in total. The van der Waals surface area contributed by atoms with Crippen molar-refractivity contribution in [2.75, 3.05) is 13.2 Å². The van der Waals surface area contributed by atoms with Gasteiger partial charge in [0.25, 0.3) is 0 Å². The predicted octanol–water partition coefficient (Wildman–Crippen LogP) is 7.52. The fourth-order valence-electron chi connectivity index (χ4n) is 3.12. The lowest BCUT2D eigenvalue weighted by Gasteiger charge is -2.25. The molecule has 0 rings (SSSR count). The zero-order chi connectivity index (χ0) is 20.0. The Morgan fingerprint density at radius 3 is 1.38 bits per heavy atom. The van der Waals surface area contributed by atoms with Crippen LogP contribution in [0.3, 0.4) is 0 Å². The molecule has 0 amide bonds. The van der Waals surface area contributed by atoms with Crippen LogP contribution < -0.4 is 0 Å². The Morgan fingerprint density at radius 1 is 0.692 bits per heavy atom. The largest absolute Gasteiger partial charge is 0.391 e. The van der Waals surface area contributed by atoms with Gasteiger partial charge in [0, 0.05) is 13.2 Å². The molecule has 0 aromatic carbocycles. The zero-order valence-electron chi connectivity index (χ0n) is 19.0. The van der Waals surface area contributed by atoms with Crippen molar-refractivity contribution in [2.45, 2.75) is 99.5 Å². The first-order valence-corrected chi connectivity index (χ1v) is 13.5. The van der Waals surface area contributed by atoms with Crippen molar-refractivity contribution in [3.8, 4) is 0 Å². The van der Waals surface area contributed by atoms with Crippen molar-refractivity contribution < 1.29 is 8.85 Å². The van der Waals surface area contributed by atoms with Crippen LogP contribution in [0.25, 0.3) is 0 Å².